The number of H-pyrrole nitrogens is 1. The first-order chi connectivity index (χ1) is 8.16. The van der Waals surface area contributed by atoms with Crippen LogP contribution in [0, 0.1) is 5.92 Å². The lowest BCUT2D eigenvalue weighted by molar-refractivity contribution is -0.123. The predicted octanol–water partition coefficient (Wildman–Crippen LogP) is 0.395. The van der Waals surface area contributed by atoms with Gasteiger partial charge in [0.25, 0.3) is 0 Å². The van der Waals surface area contributed by atoms with Crippen LogP contribution in [0.4, 0.5) is 0 Å². The lowest BCUT2D eigenvalue weighted by Gasteiger charge is -2.30. The number of nitrogens with one attached hydrogen (secondary N) is 1. The maximum atomic E-state index is 11.9. The van der Waals surface area contributed by atoms with Gasteiger partial charge in [-0.25, -0.2) is 0 Å². The number of ketones is 1. The van der Waals surface area contributed by atoms with Gasteiger partial charge in [-0.1, -0.05) is 0 Å². The number of likely N-dealkylation sites (tertiary alicyclic amines) is 1. The third-order valence-electron chi connectivity index (χ3n) is 3.17. The van der Waals surface area contributed by atoms with Crippen LogP contribution in [0.5, 0.6) is 0 Å². The average Bonchev–Trinajstić information content (AvgIpc) is 2.82. The second-order valence-electron chi connectivity index (χ2n) is 4.48. The number of hydrogen-bond acceptors (Lipinski definition) is 3. The highest BCUT2D eigenvalue weighted by Crippen LogP contribution is 2.16. The van der Waals surface area contributed by atoms with Crippen LogP contribution in [-0.2, 0) is 4.79 Å². The molecular weight excluding hydrogens is 218 g/mol. The number of amides is 1. The number of piperidine rings is 1. The van der Waals surface area contributed by atoms with Gasteiger partial charge >= 0.3 is 0 Å². The molecule has 0 radical (unpaired) electrons. The van der Waals surface area contributed by atoms with Crippen LogP contribution in [0.15, 0.2) is 18.3 Å². The fourth-order valence-corrected chi connectivity index (χ4v) is 2.22. The molecule has 0 aliphatic carbocycles. The van der Waals surface area contributed by atoms with Crippen molar-refractivity contribution < 1.29 is 9.59 Å². The first-order valence-electron chi connectivity index (χ1n) is 5.85. The zero-order chi connectivity index (χ0) is 12.3. The molecule has 3 N–H and O–H groups in total. The van der Waals surface area contributed by atoms with Gasteiger partial charge in [0.1, 0.15) is 0 Å². The lowest BCUT2D eigenvalue weighted by atomic mass is 9.97. The van der Waals surface area contributed by atoms with Crippen LogP contribution in [0.25, 0.3) is 0 Å². The Kier molecular flexibility index (Phi) is 3.58. The fourth-order valence-electron chi connectivity index (χ4n) is 2.22. The molecule has 1 atom stereocenters. The summed E-state index contributed by atoms with van der Waals surface area (Å²) in [6.07, 6.45) is 3.49. The Hall–Kier alpha value is -1.62. The first-order valence-corrected chi connectivity index (χ1v) is 5.85. The van der Waals surface area contributed by atoms with Gasteiger partial charge in [-0.2, -0.15) is 0 Å². The minimum absolute atomic E-state index is 0.0557. The number of Topliss-reactive ketones (excluding diaryl/α,β-unsaturated/α-hetero) is 1. The zero-order valence-corrected chi connectivity index (χ0v) is 9.69. The van der Waals surface area contributed by atoms with Gasteiger partial charge in [0.15, 0.2) is 5.78 Å². The molecule has 1 unspecified atom stereocenters. The molecule has 0 spiro atoms. The van der Waals surface area contributed by atoms with Gasteiger partial charge in [0.2, 0.25) is 5.91 Å². The summed E-state index contributed by atoms with van der Waals surface area (Å²) in [5, 5.41) is 0. The van der Waals surface area contributed by atoms with Crippen molar-refractivity contribution in [2.75, 3.05) is 19.6 Å². The Morgan fingerprint density at radius 2 is 2.35 bits per heavy atom. The molecule has 1 aromatic heterocycles. The normalized spacial score (nSPS) is 21.3. The Morgan fingerprint density at radius 1 is 1.53 bits per heavy atom. The topological polar surface area (TPSA) is 79.2 Å². The molecular formula is C12H17N3O2. The minimum Gasteiger partial charge on any atom is -0.369 e. The second kappa shape index (κ2) is 5.14. The first kappa shape index (κ1) is 11.9. The molecule has 2 rings (SSSR count). The number of primary amides is 1. The molecule has 0 saturated carbocycles. The number of nitrogens with two attached hydrogens (primary N) is 1. The SMILES string of the molecule is NC(=O)C1CCCN(CC(=O)c2ccc[nH]2)C1. The van der Waals surface area contributed by atoms with E-state index in [1.165, 1.54) is 0 Å². The van der Waals surface area contributed by atoms with E-state index in [-0.39, 0.29) is 17.6 Å². The smallest absolute Gasteiger partial charge is 0.221 e. The van der Waals surface area contributed by atoms with Crippen LogP contribution in [0.3, 0.4) is 0 Å². The molecule has 92 valence electrons. The summed E-state index contributed by atoms with van der Waals surface area (Å²) < 4.78 is 0. The predicted molar refractivity (Wildman–Crippen MR) is 63.5 cm³/mol. The van der Waals surface area contributed by atoms with Crippen molar-refractivity contribution in [3.05, 3.63) is 24.0 Å². The molecule has 1 aliphatic heterocycles. The molecule has 5 heteroatoms. The molecule has 1 aliphatic rings. The average molecular weight is 235 g/mol. The summed E-state index contributed by atoms with van der Waals surface area (Å²) in [5.74, 6) is -0.317. The van der Waals surface area contributed by atoms with Gasteiger partial charge < -0.3 is 10.7 Å². The summed E-state index contributed by atoms with van der Waals surface area (Å²) >= 11 is 0. The van der Waals surface area contributed by atoms with E-state index < -0.39 is 0 Å². The Morgan fingerprint density at radius 3 is 3.00 bits per heavy atom. The van der Waals surface area contributed by atoms with Crippen molar-refractivity contribution in [2.45, 2.75) is 12.8 Å². The molecule has 1 fully saturated rings. The standard InChI is InChI=1S/C12H17N3O2/c13-12(17)9-3-2-6-15(7-9)8-11(16)10-4-1-5-14-10/h1,4-5,9,14H,2-3,6-8H2,(H2,13,17). The van der Waals surface area contributed by atoms with E-state index in [9.17, 15) is 9.59 Å². The quantitative estimate of drug-likeness (QED) is 0.741. The van der Waals surface area contributed by atoms with E-state index in [0.717, 1.165) is 19.4 Å². The van der Waals surface area contributed by atoms with Crippen LogP contribution in [0.2, 0.25) is 0 Å². The monoisotopic (exact) mass is 235 g/mol. The third kappa shape index (κ3) is 2.94. The van der Waals surface area contributed by atoms with Gasteiger partial charge in [0.05, 0.1) is 18.2 Å². The lowest BCUT2D eigenvalue weighted by Crippen LogP contribution is -2.43. The number of aromatic amines is 1. The summed E-state index contributed by atoms with van der Waals surface area (Å²) in [6.45, 7) is 1.81. The Labute approximate surface area is 100.0 Å². The second-order valence-corrected chi connectivity index (χ2v) is 4.48. The summed E-state index contributed by atoms with van der Waals surface area (Å²) in [5.41, 5.74) is 5.91. The van der Waals surface area contributed by atoms with Crippen molar-refractivity contribution in [1.29, 1.82) is 0 Å². The van der Waals surface area contributed by atoms with E-state index in [2.05, 4.69) is 4.98 Å². The zero-order valence-electron chi connectivity index (χ0n) is 9.69. The van der Waals surface area contributed by atoms with Crippen LogP contribution in [0.1, 0.15) is 23.3 Å². The number of rotatable bonds is 4. The number of carbonyl (C=O) groups excluding carboxylic acids is 2. The maximum Gasteiger partial charge on any atom is 0.221 e. The summed E-state index contributed by atoms with van der Waals surface area (Å²) in [7, 11) is 0. The molecule has 5 nitrogen and oxygen atoms in total. The van der Waals surface area contributed by atoms with Crippen molar-refractivity contribution in [3.8, 4) is 0 Å². The van der Waals surface area contributed by atoms with E-state index >= 15 is 0 Å². The van der Waals surface area contributed by atoms with Crippen molar-refractivity contribution in [1.82, 2.24) is 9.88 Å². The molecule has 0 aromatic carbocycles. The third-order valence-corrected chi connectivity index (χ3v) is 3.17. The van der Waals surface area contributed by atoms with Crippen molar-refractivity contribution in [2.24, 2.45) is 11.7 Å². The molecule has 1 saturated heterocycles. The Balaban J connectivity index is 1.91. The Bertz CT molecular complexity index is 400. The highest BCUT2D eigenvalue weighted by Gasteiger charge is 2.25. The van der Waals surface area contributed by atoms with E-state index in [0.29, 0.717) is 18.8 Å². The number of hydrogen-bond donors (Lipinski definition) is 2. The largest absolute Gasteiger partial charge is 0.369 e. The van der Waals surface area contributed by atoms with Crippen LogP contribution in [-0.4, -0.2) is 41.2 Å². The number of nitrogens with zero attached hydrogens (tertiary/aromatic N) is 1. The van der Waals surface area contributed by atoms with Crippen LogP contribution < -0.4 is 5.73 Å². The van der Waals surface area contributed by atoms with Crippen LogP contribution >= 0.6 is 0 Å². The molecule has 2 heterocycles. The van der Waals surface area contributed by atoms with Crippen molar-refractivity contribution >= 4 is 11.7 Å². The summed E-state index contributed by atoms with van der Waals surface area (Å²) in [4.78, 5) is 27.9. The highest BCUT2D eigenvalue weighted by molar-refractivity contribution is 5.95. The molecule has 17 heavy (non-hydrogen) atoms. The molecule has 1 aromatic rings. The highest BCUT2D eigenvalue weighted by atomic mass is 16.1. The maximum absolute atomic E-state index is 11.9. The van der Waals surface area contributed by atoms with E-state index in [1.54, 1.807) is 18.3 Å². The molecule has 1 amide bonds. The van der Waals surface area contributed by atoms with Crippen molar-refractivity contribution in [3.63, 3.8) is 0 Å². The fraction of sp³-hybridized carbons (Fsp3) is 0.500. The number of aromatic nitrogens is 1. The van der Waals surface area contributed by atoms with Gasteiger partial charge in [0, 0.05) is 12.7 Å². The van der Waals surface area contributed by atoms with E-state index in [1.807, 2.05) is 4.90 Å². The number of carbonyl (C=O) groups is 2. The molecule has 0 bridgehead atoms. The van der Waals surface area contributed by atoms with Gasteiger partial charge in [-0.05, 0) is 31.5 Å². The van der Waals surface area contributed by atoms with Gasteiger partial charge in [-0.15, -0.1) is 0 Å². The van der Waals surface area contributed by atoms with E-state index in [4.69, 9.17) is 5.73 Å². The van der Waals surface area contributed by atoms with Gasteiger partial charge in [-0.3, -0.25) is 14.5 Å². The minimum atomic E-state index is -0.262. The summed E-state index contributed by atoms with van der Waals surface area (Å²) in [6, 6.07) is 3.56.